The number of hydrogen-bond acceptors (Lipinski definition) is 2. The van der Waals surface area contributed by atoms with Gasteiger partial charge in [-0.2, -0.15) is 0 Å². The fraction of sp³-hybridized carbons (Fsp3) is 0.333. The van der Waals surface area contributed by atoms with Gasteiger partial charge in [-0.25, -0.2) is 0 Å². The maximum absolute atomic E-state index is 11.8. The van der Waals surface area contributed by atoms with E-state index in [4.69, 9.17) is 0 Å². The molecule has 2 atom stereocenters. The molecule has 0 aliphatic heterocycles. The Morgan fingerprint density at radius 1 is 0.893 bits per heavy atom. The van der Waals surface area contributed by atoms with Crippen LogP contribution in [-0.4, -0.2) is 22.2 Å². The number of rotatable bonds is 8. The van der Waals surface area contributed by atoms with Crippen LogP contribution in [0, 0.1) is 17.8 Å². The Hall–Kier alpha value is -2.88. The minimum atomic E-state index is -1.02. The normalized spacial score (nSPS) is 16.9. The molecule has 0 heterocycles. The molecule has 0 bridgehead atoms. The fourth-order valence-corrected chi connectivity index (χ4v) is 4.19. The fourth-order valence-electron chi connectivity index (χ4n) is 4.19. The topological polar surface area (TPSA) is 74.6 Å². The van der Waals surface area contributed by atoms with E-state index < -0.39 is 23.8 Å². The number of benzene rings is 2. The van der Waals surface area contributed by atoms with Crippen LogP contribution in [0.2, 0.25) is 0 Å². The molecule has 1 saturated carbocycles. The van der Waals surface area contributed by atoms with Crippen LogP contribution in [0.5, 0.6) is 0 Å². The van der Waals surface area contributed by atoms with Gasteiger partial charge in [-0.1, -0.05) is 79.6 Å². The quantitative estimate of drug-likeness (QED) is 0.649. The van der Waals surface area contributed by atoms with Crippen molar-refractivity contribution in [1.29, 1.82) is 0 Å². The Morgan fingerprint density at radius 2 is 1.50 bits per heavy atom. The molecule has 0 saturated heterocycles. The van der Waals surface area contributed by atoms with Crippen molar-refractivity contribution in [3.63, 3.8) is 0 Å². The average molecular weight is 378 g/mol. The first kappa shape index (κ1) is 19.9. The van der Waals surface area contributed by atoms with Crippen LogP contribution >= 0.6 is 0 Å². The molecule has 1 aliphatic carbocycles. The van der Waals surface area contributed by atoms with Crippen molar-refractivity contribution in [1.82, 2.24) is 0 Å². The average Bonchev–Trinajstić information content (AvgIpc) is 3.22. The van der Waals surface area contributed by atoms with Gasteiger partial charge in [0.05, 0.1) is 11.8 Å². The van der Waals surface area contributed by atoms with Crippen LogP contribution in [0.15, 0.2) is 60.7 Å². The van der Waals surface area contributed by atoms with E-state index in [2.05, 4.69) is 12.1 Å². The molecular weight excluding hydrogens is 352 g/mol. The Balaban J connectivity index is 1.68. The molecule has 0 unspecified atom stereocenters. The van der Waals surface area contributed by atoms with Gasteiger partial charge in [0.2, 0.25) is 0 Å². The largest absolute Gasteiger partial charge is 0.481 e. The molecule has 4 nitrogen and oxygen atoms in total. The second kappa shape index (κ2) is 9.36. The Bertz CT molecular complexity index is 817. The standard InChI is InChI=1S/C24H26O4/c25-23(26)21(22(24(27)28)20-10-4-5-11-20)12-6-7-17-13-15-19(16-14-17)18-8-2-1-3-9-18/h1-3,6-9,13-16,20-22H,4-5,10-12H2,(H,25,26)(H,27,28)/t21-,22-/m0/s1. The lowest BCUT2D eigenvalue weighted by atomic mass is 9.78. The highest BCUT2D eigenvalue weighted by molar-refractivity contribution is 5.80. The third-order valence-electron chi connectivity index (χ3n) is 5.66. The molecule has 4 heteroatoms. The van der Waals surface area contributed by atoms with E-state index in [1.165, 1.54) is 0 Å². The number of hydrogen-bond donors (Lipinski definition) is 2. The lowest BCUT2D eigenvalue weighted by molar-refractivity contribution is -0.156. The van der Waals surface area contributed by atoms with Gasteiger partial charge in [0.25, 0.3) is 0 Å². The molecule has 1 aliphatic rings. The summed E-state index contributed by atoms with van der Waals surface area (Å²) in [5.41, 5.74) is 3.23. The first-order valence-corrected chi connectivity index (χ1v) is 9.84. The Morgan fingerprint density at radius 3 is 2.07 bits per heavy atom. The summed E-state index contributed by atoms with van der Waals surface area (Å²) in [6, 6.07) is 18.1. The molecule has 2 N–H and O–H groups in total. The maximum Gasteiger partial charge on any atom is 0.307 e. The highest BCUT2D eigenvalue weighted by Gasteiger charge is 2.39. The van der Waals surface area contributed by atoms with Gasteiger partial charge in [0, 0.05) is 0 Å². The van der Waals surface area contributed by atoms with E-state index in [1.807, 2.05) is 48.5 Å². The zero-order chi connectivity index (χ0) is 19.9. The van der Waals surface area contributed by atoms with Crippen LogP contribution in [0.4, 0.5) is 0 Å². The molecule has 3 rings (SSSR count). The molecule has 0 aromatic heterocycles. The van der Waals surface area contributed by atoms with E-state index >= 15 is 0 Å². The molecule has 1 fully saturated rings. The smallest absolute Gasteiger partial charge is 0.307 e. The molecule has 2 aromatic rings. The summed E-state index contributed by atoms with van der Waals surface area (Å²) in [6.45, 7) is 0. The highest BCUT2D eigenvalue weighted by atomic mass is 16.4. The van der Waals surface area contributed by atoms with E-state index in [0.29, 0.717) is 0 Å². The van der Waals surface area contributed by atoms with Crippen molar-refractivity contribution in [2.75, 3.05) is 0 Å². The summed E-state index contributed by atoms with van der Waals surface area (Å²) in [5, 5.41) is 19.2. The summed E-state index contributed by atoms with van der Waals surface area (Å²) in [5.74, 6) is -3.74. The number of allylic oxidation sites excluding steroid dienone is 1. The van der Waals surface area contributed by atoms with Crippen molar-refractivity contribution < 1.29 is 19.8 Å². The third-order valence-corrected chi connectivity index (χ3v) is 5.66. The van der Waals surface area contributed by atoms with Crippen molar-refractivity contribution in [2.45, 2.75) is 32.1 Å². The van der Waals surface area contributed by atoms with E-state index in [1.54, 1.807) is 6.08 Å². The van der Waals surface area contributed by atoms with Crippen LogP contribution in [0.25, 0.3) is 17.2 Å². The van der Waals surface area contributed by atoms with Crippen molar-refractivity contribution in [2.24, 2.45) is 17.8 Å². The van der Waals surface area contributed by atoms with Gasteiger partial charge in [-0.3, -0.25) is 9.59 Å². The van der Waals surface area contributed by atoms with Gasteiger partial charge in [0.15, 0.2) is 0 Å². The monoisotopic (exact) mass is 378 g/mol. The van der Waals surface area contributed by atoms with Gasteiger partial charge in [0.1, 0.15) is 0 Å². The number of carbonyl (C=O) groups is 2. The maximum atomic E-state index is 11.8. The van der Waals surface area contributed by atoms with Gasteiger partial charge >= 0.3 is 11.9 Å². The zero-order valence-corrected chi connectivity index (χ0v) is 15.8. The van der Waals surface area contributed by atoms with Crippen LogP contribution in [0.1, 0.15) is 37.7 Å². The minimum absolute atomic E-state index is 0.0304. The molecule has 0 spiro atoms. The van der Waals surface area contributed by atoms with Crippen molar-refractivity contribution in [3.8, 4) is 11.1 Å². The summed E-state index contributed by atoms with van der Waals surface area (Å²) >= 11 is 0. The Kier molecular flexibility index (Phi) is 6.64. The van der Waals surface area contributed by atoms with E-state index in [0.717, 1.165) is 42.4 Å². The second-order valence-electron chi connectivity index (χ2n) is 7.48. The predicted octanol–water partition coefficient (Wildman–Crippen LogP) is 5.35. The summed E-state index contributed by atoms with van der Waals surface area (Å²) in [4.78, 5) is 23.5. The summed E-state index contributed by atoms with van der Waals surface area (Å²) in [6.07, 6.45) is 7.49. The number of carboxylic acid groups (broad SMARTS) is 2. The molecular formula is C24H26O4. The lowest BCUT2D eigenvalue weighted by Gasteiger charge is -2.24. The molecule has 146 valence electrons. The number of aliphatic carboxylic acids is 2. The van der Waals surface area contributed by atoms with Gasteiger partial charge < -0.3 is 10.2 Å². The molecule has 28 heavy (non-hydrogen) atoms. The van der Waals surface area contributed by atoms with E-state index in [-0.39, 0.29) is 12.3 Å². The van der Waals surface area contributed by atoms with Gasteiger partial charge in [-0.05, 0) is 41.9 Å². The third kappa shape index (κ3) is 4.89. The highest BCUT2D eigenvalue weighted by Crippen LogP contribution is 2.37. The minimum Gasteiger partial charge on any atom is -0.481 e. The Labute approximate surface area is 165 Å². The molecule has 0 amide bonds. The SMILES string of the molecule is O=C(O)[C@@H](CC=Cc1ccc(-c2ccccc2)cc1)[C@@H](C(=O)O)C1CCCC1. The lowest BCUT2D eigenvalue weighted by Crippen LogP contribution is -2.34. The van der Waals surface area contributed by atoms with E-state index in [9.17, 15) is 19.8 Å². The van der Waals surface area contributed by atoms with Crippen LogP contribution in [0.3, 0.4) is 0 Å². The summed E-state index contributed by atoms with van der Waals surface area (Å²) in [7, 11) is 0. The van der Waals surface area contributed by atoms with Crippen molar-refractivity contribution in [3.05, 3.63) is 66.2 Å². The number of carboxylic acids is 2. The first-order valence-electron chi connectivity index (χ1n) is 9.84. The van der Waals surface area contributed by atoms with Crippen molar-refractivity contribution >= 4 is 18.0 Å². The summed E-state index contributed by atoms with van der Waals surface area (Å²) < 4.78 is 0. The molecule has 2 aromatic carbocycles. The zero-order valence-electron chi connectivity index (χ0n) is 15.8. The second-order valence-corrected chi connectivity index (χ2v) is 7.48. The van der Waals surface area contributed by atoms with Crippen LogP contribution < -0.4 is 0 Å². The first-order chi connectivity index (χ1) is 13.6. The van der Waals surface area contributed by atoms with Gasteiger partial charge in [-0.15, -0.1) is 0 Å². The van der Waals surface area contributed by atoms with Crippen LogP contribution in [-0.2, 0) is 9.59 Å². The predicted molar refractivity (Wildman–Crippen MR) is 110 cm³/mol. The molecule has 0 radical (unpaired) electrons.